The highest BCUT2D eigenvalue weighted by atomic mass is 16.4. The van der Waals surface area contributed by atoms with Gasteiger partial charge in [-0.15, -0.1) is 0 Å². The Kier molecular flexibility index (Phi) is 3.44. The van der Waals surface area contributed by atoms with E-state index >= 15 is 0 Å². The highest BCUT2D eigenvalue weighted by molar-refractivity contribution is 5.66. The number of aromatic amines is 1. The molecule has 1 atom stereocenters. The molecule has 6 heteroatoms. The number of nitrogens with zero attached hydrogens (tertiary/aromatic N) is 2. The van der Waals surface area contributed by atoms with Gasteiger partial charge in [-0.05, 0) is 19.8 Å². The van der Waals surface area contributed by atoms with Gasteiger partial charge >= 0.3 is 11.7 Å². The lowest BCUT2D eigenvalue weighted by Crippen LogP contribution is -2.20. The van der Waals surface area contributed by atoms with E-state index in [1.54, 1.807) is 0 Å². The van der Waals surface area contributed by atoms with E-state index in [2.05, 4.69) is 10.2 Å². The minimum absolute atomic E-state index is 0.0133. The van der Waals surface area contributed by atoms with Gasteiger partial charge in [-0.2, -0.15) is 5.10 Å². The number of aromatic nitrogens is 3. The van der Waals surface area contributed by atoms with Gasteiger partial charge in [-0.3, -0.25) is 9.36 Å². The second kappa shape index (κ2) is 4.59. The van der Waals surface area contributed by atoms with Gasteiger partial charge in [0.1, 0.15) is 6.33 Å². The van der Waals surface area contributed by atoms with Gasteiger partial charge in [0.15, 0.2) is 0 Å². The van der Waals surface area contributed by atoms with Crippen LogP contribution in [0.4, 0.5) is 0 Å². The molecule has 0 fully saturated rings. The molecular formula is C8H13N3O3. The third-order valence-corrected chi connectivity index (χ3v) is 2.06. The van der Waals surface area contributed by atoms with E-state index in [-0.39, 0.29) is 18.2 Å². The lowest BCUT2D eigenvalue weighted by molar-refractivity contribution is -0.137. The maximum atomic E-state index is 11.1. The van der Waals surface area contributed by atoms with Crippen LogP contribution in [0.15, 0.2) is 11.1 Å². The average Bonchev–Trinajstić information content (AvgIpc) is 2.50. The molecule has 14 heavy (non-hydrogen) atoms. The first-order valence-electron chi connectivity index (χ1n) is 4.44. The number of H-pyrrole nitrogens is 1. The predicted molar refractivity (Wildman–Crippen MR) is 49.0 cm³/mol. The summed E-state index contributed by atoms with van der Waals surface area (Å²) in [6, 6.07) is -0.0133. The summed E-state index contributed by atoms with van der Waals surface area (Å²) in [5, 5.41) is 14.3. The van der Waals surface area contributed by atoms with Crippen LogP contribution in [0.2, 0.25) is 0 Å². The summed E-state index contributed by atoms with van der Waals surface area (Å²) in [6.07, 6.45) is 2.78. The number of aliphatic carboxylic acids is 1. The average molecular weight is 199 g/mol. The van der Waals surface area contributed by atoms with Crippen molar-refractivity contribution in [3.63, 3.8) is 0 Å². The summed E-state index contributed by atoms with van der Waals surface area (Å²) in [5.41, 5.74) is -0.257. The van der Waals surface area contributed by atoms with Gasteiger partial charge in [0.25, 0.3) is 0 Å². The fourth-order valence-corrected chi connectivity index (χ4v) is 1.26. The highest BCUT2D eigenvalue weighted by Crippen LogP contribution is 2.10. The fraction of sp³-hybridized carbons (Fsp3) is 0.625. The Bertz CT molecular complexity index is 355. The van der Waals surface area contributed by atoms with Gasteiger partial charge in [0.2, 0.25) is 0 Å². The molecular weight excluding hydrogens is 186 g/mol. The van der Waals surface area contributed by atoms with Crippen LogP contribution in [-0.2, 0) is 4.79 Å². The minimum Gasteiger partial charge on any atom is -0.481 e. The van der Waals surface area contributed by atoms with Gasteiger partial charge in [-0.25, -0.2) is 9.89 Å². The molecule has 1 rings (SSSR count). The van der Waals surface area contributed by atoms with Crippen molar-refractivity contribution in [2.75, 3.05) is 0 Å². The SMILES string of the molecule is CC(CCCC(=O)O)n1cn[nH]c1=O. The first-order valence-corrected chi connectivity index (χ1v) is 4.44. The second-order valence-electron chi connectivity index (χ2n) is 3.20. The Morgan fingerprint density at radius 2 is 2.50 bits per heavy atom. The van der Waals surface area contributed by atoms with Crippen molar-refractivity contribution in [2.45, 2.75) is 32.2 Å². The summed E-state index contributed by atoms with van der Waals surface area (Å²) >= 11 is 0. The lowest BCUT2D eigenvalue weighted by Gasteiger charge is -2.09. The highest BCUT2D eigenvalue weighted by Gasteiger charge is 2.08. The van der Waals surface area contributed by atoms with Crippen molar-refractivity contribution < 1.29 is 9.90 Å². The van der Waals surface area contributed by atoms with Crippen LogP contribution in [0.3, 0.4) is 0 Å². The van der Waals surface area contributed by atoms with Crippen LogP contribution >= 0.6 is 0 Å². The smallest absolute Gasteiger partial charge is 0.343 e. The Labute approximate surface area is 80.6 Å². The zero-order valence-corrected chi connectivity index (χ0v) is 7.93. The van der Waals surface area contributed by atoms with Crippen LogP contribution < -0.4 is 5.69 Å². The molecule has 0 amide bonds. The van der Waals surface area contributed by atoms with Crippen LogP contribution in [-0.4, -0.2) is 25.8 Å². The Balaban J connectivity index is 2.43. The van der Waals surface area contributed by atoms with Crippen molar-refractivity contribution in [3.8, 4) is 0 Å². The molecule has 0 bridgehead atoms. The minimum atomic E-state index is -0.809. The van der Waals surface area contributed by atoms with E-state index in [1.807, 2.05) is 6.92 Å². The van der Waals surface area contributed by atoms with Crippen molar-refractivity contribution in [3.05, 3.63) is 16.8 Å². The topological polar surface area (TPSA) is 88.0 Å². The van der Waals surface area contributed by atoms with Crippen molar-refractivity contribution >= 4 is 5.97 Å². The number of nitrogens with one attached hydrogen (secondary N) is 1. The number of carboxylic acids is 1. The predicted octanol–water partition coefficient (Wildman–Crippen LogP) is 0.387. The molecule has 1 unspecified atom stereocenters. The van der Waals surface area contributed by atoms with E-state index in [4.69, 9.17) is 5.11 Å². The van der Waals surface area contributed by atoms with Crippen LogP contribution in [0.25, 0.3) is 0 Å². The summed E-state index contributed by atoms with van der Waals surface area (Å²) in [6.45, 7) is 1.86. The first kappa shape index (κ1) is 10.5. The summed E-state index contributed by atoms with van der Waals surface area (Å²) in [4.78, 5) is 21.3. The molecule has 1 aromatic rings. The van der Waals surface area contributed by atoms with Gasteiger partial charge in [0, 0.05) is 12.5 Å². The molecule has 1 aromatic heterocycles. The number of hydrogen-bond acceptors (Lipinski definition) is 3. The zero-order chi connectivity index (χ0) is 10.6. The normalized spacial score (nSPS) is 12.6. The molecule has 0 radical (unpaired) electrons. The molecule has 0 aliphatic carbocycles. The Morgan fingerprint density at radius 3 is 3.00 bits per heavy atom. The number of hydrogen-bond donors (Lipinski definition) is 2. The first-order chi connectivity index (χ1) is 6.61. The van der Waals surface area contributed by atoms with E-state index in [0.29, 0.717) is 12.8 Å². The summed E-state index contributed by atoms with van der Waals surface area (Å²) < 4.78 is 1.46. The third-order valence-electron chi connectivity index (χ3n) is 2.06. The Morgan fingerprint density at radius 1 is 1.79 bits per heavy atom. The largest absolute Gasteiger partial charge is 0.481 e. The number of rotatable bonds is 5. The molecule has 1 heterocycles. The molecule has 0 saturated heterocycles. The zero-order valence-electron chi connectivity index (χ0n) is 7.93. The quantitative estimate of drug-likeness (QED) is 0.717. The van der Waals surface area contributed by atoms with Crippen LogP contribution in [0, 0.1) is 0 Å². The van der Waals surface area contributed by atoms with Gasteiger partial charge < -0.3 is 5.11 Å². The molecule has 0 saturated carbocycles. The van der Waals surface area contributed by atoms with Crippen LogP contribution in [0.1, 0.15) is 32.2 Å². The fourth-order valence-electron chi connectivity index (χ4n) is 1.26. The Hall–Kier alpha value is -1.59. The summed E-state index contributed by atoms with van der Waals surface area (Å²) in [7, 11) is 0. The monoisotopic (exact) mass is 199 g/mol. The van der Waals surface area contributed by atoms with Crippen molar-refractivity contribution in [1.82, 2.24) is 14.8 Å². The number of carboxylic acid groups (broad SMARTS) is 1. The maximum absolute atomic E-state index is 11.1. The standard InChI is InChI=1S/C8H13N3O3/c1-6(3-2-4-7(12)13)11-5-9-10-8(11)14/h5-6H,2-4H2,1H3,(H,10,14)(H,12,13). The summed E-state index contributed by atoms with van der Waals surface area (Å²) in [5.74, 6) is -0.809. The molecule has 0 aromatic carbocycles. The molecule has 78 valence electrons. The molecule has 0 spiro atoms. The lowest BCUT2D eigenvalue weighted by atomic mass is 10.1. The van der Waals surface area contributed by atoms with E-state index in [1.165, 1.54) is 10.9 Å². The molecule has 0 aliphatic rings. The van der Waals surface area contributed by atoms with E-state index in [0.717, 1.165) is 0 Å². The third kappa shape index (κ3) is 2.72. The van der Waals surface area contributed by atoms with Gasteiger partial charge in [-0.1, -0.05) is 0 Å². The molecule has 6 nitrogen and oxygen atoms in total. The molecule has 2 N–H and O–H groups in total. The molecule has 0 aliphatic heterocycles. The van der Waals surface area contributed by atoms with E-state index in [9.17, 15) is 9.59 Å². The van der Waals surface area contributed by atoms with Crippen molar-refractivity contribution in [2.24, 2.45) is 0 Å². The van der Waals surface area contributed by atoms with E-state index < -0.39 is 5.97 Å². The maximum Gasteiger partial charge on any atom is 0.343 e. The second-order valence-corrected chi connectivity index (χ2v) is 3.20. The van der Waals surface area contributed by atoms with Crippen LogP contribution in [0.5, 0.6) is 0 Å². The van der Waals surface area contributed by atoms with Gasteiger partial charge in [0.05, 0.1) is 0 Å². The number of carbonyl (C=O) groups is 1. The van der Waals surface area contributed by atoms with Crippen molar-refractivity contribution in [1.29, 1.82) is 0 Å².